The van der Waals surface area contributed by atoms with Crippen LogP contribution in [-0.4, -0.2) is 28.5 Å². The van der Waals surface area contributed by atoms with Crippen molar-refractivity contribution >= 4 is 17.7 Å². The van der Waals surface area contributed by atoms with Crippen molar-refractivity contribution in [1.82, 2.24) is 0 Å². The van der Waals surface area contributed by atoms with Gasteiger partial charge >= 0.3 is 5.97 Å². The molecule has 5 heteroatoms. The van der Waals surface area contributed by atoms with Gasteiger partial charge in [-0.15, -0.1) is 11.8 Å². The Hall–Kier alpha value is -0.320. The Kier molecular flexibility index (Phi) is 9.50. The summed E-state index contributed by atoms with van der Waals surface area (Å²) >= 11 is 1.45. The van der Waals surface area contributed by atoms with Crippen LogP contribution in [0.3, 0.4) is 0 Å². The van der Waals surface area contributed by atoms with Crippen molar-refractivity contribution in [2.24, 2.45) is 0 Å². The van der Waals surface area contributed by atoms with E-state index in [1.54, 1.807) is 0 Å². The average molecular weight is 324 g/mol. The Morgan fingerprint density at radius 3 is 2.24 bits per heavy atom. The van der Waals surface area contributed by atoms with Crippen LogP contribution >= 0.6 is 11.8 Å². The van der Waals surface area contributed by atoms with Crippen LogP contribution in [0.2, 0.25) is 0 Å². The van der Waals surface area contributed by atoms with Crippen LogP contribution in [0.4, 0.5) is 8.78 Å². The lowest BCUT2D eigenvalue weighted by Crippen LogP contribution is -2.30. The molecule has 0 saturated carbocycles. The molecule has 0 rings (SSSR count). The number of hydrogen-bond donors (Lipinski definition) is 0. The lowest BCUT2D eigenvalue weighted by atomic mass is 10.1. The van der Waals surface area contributed by atoms with Gasteiger partial charge in [-0.1, -0.05) is 26.2 Å². The van der Waals surface area contributed by atoms with Gasteiger partial charge in [0, 0.05) is 6.42 Å². The number of thioether (sulfide) groups is 1. The van der Waals surface area contributed by atoms with Gasteiger partial charge in [-0.05, 0) is 46.3 Å². The van der Waals surface area contributed by atoms with Crippen molar-refractivity contribution in [1.29, 1.82) is 0 Å². The van der Waals surface area contributed by atoms with E-state index in [2.05, 4.69) is 6.92 Å². The highest BCUT2D eigenvalue weighted by molar-refractivity contribution is 8.00. The van der Waals surface area contributed by atoms with Crippen molar-refractivity contribution in [2.45, 2.75) is 89.9 Å². The first-order valence-electron chi connectivity index (χ1n) is 7.77. The van der Waals surface area contributed by atoms with Gasteiger partial charge in [0.2, 0.25) is 5.92 Å². The molecule has 126 valence electrons. The molecule has 0 amide bonds. The van der Waals surface area contributed by atoms with E-state index in [-0.39, 0.29) is 17.6 Å². The number of ether oxygens (including phenoxy) is 1. The highest BCUT2D eigenvalue weighted by Crippen LogP contribution is 2.25. The molecule has 1 unspecified atom stereocenters. The van der Waals surface area contributed by atoms with Crippen LogP contribution in [0.25, 0.3) is 0 Å². The predicted molar refractivity (Wildman–Crippen MR) is 86.1 cm³/mol. The third-order valence-electron chi connectivity index (χ3n) is 2.82. The van der Waals surface area contributed by atoms with Gasteiger partial charge in [0.05, 0.1) is 0 Å². The summed E-state index contributed by atoms with van der Waals surface area (Å²) in [6.45, 7) is 8.58. The summed E-state index contributed by atoms with van der Waals surface area (Å²) in [6.07, 6.45) is 4.19. The lowest BCUT2D eigenvalue weighted by molar-refractivity contribution is -0.154. The van der Waals surface area contributed by atoms with Crippen LogP contribution < -0.4 is 0 Å². The van der Waals surface area contributed by atoms with E-state index in [1.165, 1.54) is 11.8 Å². The number of carbonyl (C=O) groups is 1. The van der Waals surface area contributed by atoms with E-state index in [0.717, 1.165) is 32.6 Å². The zero-order valence-electron chi connectivity index (χ0n) is 14.0. The first kappa shape index (κ1) is 20.7. The van der Waals surface area contributed by atoms with Gasteiger partial charge in [-0.25, -0.2) is 8.78 Å². The van der Waals surface area contributed by atoms with Crippen molar-refractivity contribution in [3.05, 3.63) is 0 Å². The number of alkyl halides is 2. The molecule has 21 heavy (non-hydrogen) atoms. The second kappa shape index (κ2) is 9.65. The van der Waals surface area contributed by atoms with E-state index in [9.17, 15) is 13.6 Å². The molecule has 0 bridgehead atoms. The number of hydrogen-bond acceptors (Lipinski definition) is 3. The Bertz CT molecular complexity index is 296. The molecule has 0 fully saturated rings. The fraction of sp³-hybridized carbons (Fsp3) is 0.938. The monoisotopic (exact) mass is 324 g/mol. The summed E-state index contributed by atoms with van der Waals surface area (Å²) in [7, 11) is 0. The molecule has 0 aliphatic rings. The number of carbonyl (C=O) groups excluding carboxylic acids is 1. The Morgan fingerprint density at radius 1 is 1.14 bits per heavy atom. The van der Waals surface area contributed by atoms with Crippen molar-refractivity contribution in [2.75, 3.05) is 5.75 Å². The molecule has 0 aromatic heterocycles. The topological polar surface area (TPSA) is 26.3 Å². The molecule has 1 atom stereocenters. The largest absolute Gasteiger partial charge is 0.459 e. The summed E-state index contributed by atoms with van der Waals surface area (Å²) < 4.78 is 31.0. The minimum absolute atomic E-state index is 0.129. The van der Waals surface area contributed by atoms with Crippen LogP contribution in [0, 0.1) is 0 Å². The molecule has 2 nitrogen and oxygen atoms in total. The van der Waals surface area contributed by atoms with Crippen LogP contribution in [0.5, 0.6) is 0 Å². The zero-order chi connectivity index (χ0) is 16.5. The molecule has 0 aromatic carbocycles. The third-order valence-corrected chi connectivity index (χ3v) is 4.17. The molecule has 0 aliphatic carbocycles. The van der Waals surface area contributed by atoms with Crippen molar-refractivity contribution in [3.63, 3.8) is 0 Å². The maximum Gasteiger partial charge on any atom is 0.319 e. The quantitative estimate of drug-likeness (QED) is 0.395. The number of rotatable bonds is 10. The van der Waals surface area contributed by atoms with E-state index in [1.807, 2.05) is 20.8 Å². The number of esters is 1. The van der Waals surface area contributed by atoms with Crippen molar-refractivity contribution < 1.29 is 18.3 Å². The summed E-state index contributed by atoms with van der Waals surface area (Å²) in [6, 6.07) is 0. The third kappa shape index (κ3) is 13.1. The number of halogens is 2. The minimum Gasteiger partial charge on any atom is -0.459 e. The Morgan fingerprint density at radius 2 is 1.76 bits per heavy atom. The van der Waals surface area contributed by atoms with E-state index >= 15 is 0 Å². The summed E-state index contributed by atoms with van der Waals surface area (Å²) in [4.78, 5) is 12.2. The van der Waals surface area contributed by atoms with E-state index < -0.39 is 11.5 Å². The highest BCUT2D eigenvalue weighted by atomic mass is 32.2. The molecule has 0 aliphatic heterocycles. The Labute approximate surface area is 132 Å². The van der Waals surface area contributed by atoms with Gasteiger partial charge in [0.25, 0.3) is 0 Å². The van der Waals surface area contributed by atoms with Crippen LogP contribution in [0.1, 0.15) is 73.1 Å². The van der Waals surface area contributed by atoms with E-state index in [4.69, 9.17) is 4.74 Å². The molecule has 0 radical (unpaired) electrons. The van der Waals surface area contributed by atoms with Crippen molar-refractivity contribution in [3.8, 4) is 0 Å². The van der Waals surface area contributed by atoms with Crippen LogP contribution in [-0.2, 0) is 9.53 Å². The minimum atomic E-state index is -2.62. The summed E-state index contributed by atoms with van der Waals surface area (Å²) in [5, 5.41) is -0.235. The molecular formula is C16H30F2O2S. The fourth-order valence-corrected chi connectivity index (χ4v) is 2.94. The van der Waals surface area contributed by atoms with Crippen LogP contribution in [0.15, 0.2) is 0 Å². The van der Waals surface area contributed by atoms with Gasteiger partial charge in [-0.2, -0.15) is 0 Å². The smallest absolute Gasteiger partial charge is 0.319 e. The zero-order valence-corrected chi connectivity index (χ0v) is 14.8. The SMILES string of the molecule is CCCCCC(SCCCC(C)(F)F)C(=O)OC(C)(C)C. The second-order valence-electron chi connectivity index (χ2n) is 6.56. The normalized spacial score (nSPS) is 14.0. The average Bonchev–Trinajstić information content (AvgIpc) is 2.28. The van der Waals surface area contributed by atoms with E-state index in [0.29, 0.717) is 12.2 Å². The maximum atomic E-state index is 12.8. The molecule has 0 spiro atoms. The van der Waals surface area contributed by atoms with Gasteiger partial charge in [0.15, 0.2) is 0 Å². The fourth-order valence-electron chi connectivity index (χ4n) is 1.82. The number of unbranched alkanes of at least 4 members (excludes halogenated alkanes) is 2. The van der Waals surface area contributed by atoms with Gasteiger partial charge in [0.1, 0.15) is 10.9 Å². The molecule has 0 N–H and O–H groups in total. The first-order valence-corrected chi connectivity index (χ1v) is 8.82. The van der Waals surface area contributed by atoms with Gasteiger partial charge in [-0.3, -0.25) is 4.79 Å². The molecule has 0 aromatic rings. The predicted octanol–water partition coefficient (Wildman–Crippen LogP) is 5.45. The Balaban J connectivity index is 4.28. The first-order chi connectivity index (χ1) is 9.55. The molecule has 0 saturated heterocycles. The maximum absolute atomic E-state index is 12.8. The lowest BCUT2D eigenvalue weighted by Gasteiger charge is -2.24. The highest BCUT2D eigenvalue weighted by Gasteiger charge is 2.26. The summed E-state index contributed by atoms with van der Waals surface area (Å²) in [5.74, 6) is -2.27. The van der Waals surface area contributed by atoms with Gasteiger partial charge < -0.3 is 4.74 Å². The molecule has 0 heterocycles. The standard InChI is InChI=1S/C16H30F2O2S/c1-6-7-8-10-13(14(19)20-15(2,3)4)21-12-9-11-16(5,17)18/h13H,6-12H2,1-5H3. The second-order valence-corrected chi connectivity index (χ2v) is 7.87. The summed E-state index contributed by atoms with van der Waals surface area (Å²) in [5.41, 5.74) is -0.503. The molecular weight excluding hydrogens is 294 g/mol.